The Bertz CT molecular complexity index is 999. The van der Waals surface area contributed by atoms with Gasteiger partial charge in [0, 0.05) is 28.0 Å². The summed E-state index contributed by atoms with van der Waals surface area (Å²) in [5.74, 6) is -0.767. The molecule has 2 aromatic rings. The maximum atomic E-state index is 12.9. The van der Waals surface area contributed by atoms with E-state index in [9.17, 15) is 13.2 Å². The van der Waals surface area contributed by atoms with Gasteiger partial charge in [-0.05, 0) is 48.9 Å². The number of sulfonamides is 1. The predicted molar refractivity (Wildman–Crippen MR) is 120 cm³/mol. The molecular formula is C20H22Cl2N2O3S2. The minimum Gasteiger partial charge on any atom is -0.325 e. The molecule has 0 bridgehead atoms. The highest BCUT2D eigenvalue weighted by molar-refractivity contribution is 7.98. The number of rotatable bonds is 6. The van der Waals surface area contributed by atoms with Gasteiger partial charge < -0.3 is 5.32 Å². The highest BCUT2D eigenvalue weighted by Gasteiger charge is 2.33. The average molecular weight is 473 g/mol. The summed E-state index contributed by atoms with van der Waals surface area (Å²) < 4.78 is 27.2. The largest absolute Gasteiger partial charge is 0.325 e. The number of nitrogens with zero attached hydrogens (tertiary/aromatic N) is 1. The molecule has 0 aliphatic carbocycles. The van der Waals surface area contributed by atoms with Crippen LogP contribution in [0.3, 0.4) is 0 Å². The van der Waals surface area contributed by atoms with E-state index in [0.717, 1.165) is 10.6 Å². The summed E-state index contributed by atoms with van der Waals surface area (Å²) in [6.07, 6.45) is 3.23. The number of benzene rings is 2. The van der Waals surface area contributed by atoms with Crippen LogP contribution >= 0.6 is 35.0 Å². The van der Waals surface area contributed by atoms with E-state index < -0.39 is 15.9 Å². The van der Waals surface area contributed by atoms with E-state index in [-0.39, 0.29) is 18.2 Å². The molecule has 0 radical (unpaired) electrons. The molecule has 3 rings (SSSR count). The second kappa shape index (κ2) is 9.71. The summed E-state index contributed by atoms with van der Waals surface area (Å²) >= 11 is 13.6. The van der Waals surface area contributed by atoms with E-state index in [1.165, 1.54) is 10.4 Å². The lowest BCUT2D eigenvalue weighted by molar-refractivity contribution is -0.120. The number of nitrogens with one attached hydrogen (secondary N) is 1. The second-order valence-corrected chi connectivity index (χ2v) is 10.5. The molecule has 9 heteroatoms. The van der Waals surface area contributed by atoms with Crippen LogP contribution in [0.25, 0.3) is 0 Å². The number of piperidine rings is 1. The molecule has 1 fully saturated rings. The summed E-state index contributed by atoms with van der Waals surface area (Å²) in [4.78, 5) is 13.8. The topological polar surface area (TPSA) is 66.5 Å². The molecule has 1 aliphatic heterocycles. The Morgan fingerprint density at radius 3 is 2.72 bits per heavy atom. The van der Waals surface area contributed by atoms with Crippen molar-refractivity contribution in [2.45, 2.75) is 23.5 Å². The van der Waals surface area contributed by atoms with Gasteiger partial charge in [-0.1, -0.05) is 41.4 Å². The fraction of sp³-hybridized carbons (Fsp3) is 0.350. The van der Waals surface area contributed by atoms with E-state index in [1.54, 1.807) is 23.9 Å². The third-order valence-corrected chi connectivity index (χ3v) is 8.04. The van der Waals surface area contributed by atoms with Gasteiger partial charge in [-0.25, -0.2) is 12.7 Å². The number of carbonyl (C=O) groups is 1. The van der Waals surface area contributed by atoms with E-state index >= 15 is 0 Å². The van der Waals surface area contributed by atoms with Gasteiger partial charge >= 0.3 is 0 Å². The fourth-order valence-electron chi connectivity index (χ4n) is 3.32. The number of halogens is 2. The van der Waals surface area contributed by atoms with Gasteiger partial charge in [0.1, 0.15) is 0 Å². The van der Waals surface area contributed by atoms with Crippen molar-refractivity contribution in [3.63, 3.8) is 0 Å². The first-order valence-electron chi connectivity index (χ1n) is 9.16. The van der Waals surface area contributed by atoms with E-state index in [1.807, 2.05) is 30.5 Å². The van der Waals surface area contributed by atoms with Crippen molar-refractivity contribution >= 4 is 56.6 Å². The molecule has 1 N–H and O–H groups in total. The highest BCUT2D eigenvalue weighted by Crippen LogP contribution is 2.28. The summed E-state index contributed by atoms with van der Waals surface area (Å²) in [6, 6.07) is 12.3. The van der Waals surface area contributed by atoms with Crippen LogP contribution in [0.2, 0.25) is 10.0 Å². The molecule has 5 nitrogen and oxygen atoms in total. The molecule has 156 valence electrons. The van der Waals surface area contributed by atoms with Crippen molar-refractivity contribution in [1.29, 1.82) is 0 Å². The predicted octanol–water partition coefficient (Wildman–Crippen LogP) is 4.90. The third-order valence-electron chi connectivity index (χ3n) is 4.87. The van der Waals surface area contributed by atoms with E-state index in [2.05, 4.69) is 5.32 Å². The molecule has 1 aliphatic rings. The Morgan fingerprint density at radius 2 is 2.00 bits per heavy atom. The van der Waals surface area contributed by atoms with Crippen molar-refractivity contribution in [3.05, 3.63) is 58.1 Å². The van der Waals surface area contributed by atoms with Crippen molar-refractivity contribution in [1.82, 2.24) is 4.31 Å². The van der Waals surface area contributed by atoms with Gasteiger partial charge in [-0.3, -0.25) is 4.79 Å². The summed E-state index contributed by atoms with van der Waals surface area (Å²) in [6.45, 7) is 0.569. The maximum absolute atomic E-state index is 12.9. The van der Waals surface area contributed by atoms with Crippen LogP contribution in [0.5, 0.6) is 0 Å². The van der Waals surface area contributed by atoms with Crippen LogP contribution in [-0.2, 0) is 20.6 Å². The van der Waals surface area contributed by atoms with E-state index in [4.69, 9.17) is 23.2 Å². The smallest absolute Gasteiger partial charge is 0.228 e. The molecule has 1 saturated heterocycles. The molecule has 0 unspecified atom stereocenters. The number of hydrogen-bond donors (Lipinski definition) is 1. The van der Waals surface area contributed by atoms with Gasteiger partial charge in [0.25, 0.3) is 0 Å². The van der Waals surface area contributed by atoms with Crippen LogP contribution in [-0.4, -0.2) is 38.0 Å². The molecular weight excluding hydrogens is 451 g/mol. The average Bonchev–Trinajstić information content (AvgIpc) is 2.70. The van der Waals surface area contributed by atoms with Gasteiger partial charge in [0.2, 0.25) is 15.9 Å². The fourth-order valence-corrected chi connectivity index (χ4v) is 6.07. The zero-order valence-corrected chi connectivity index (χ0v) is 19.0. The van der Waals surface area contributed by atoms with E-state index in [0.29, 0.717) is 35.0 Å². The highest BCUT2D eigenvalue weighted by atomic mass is 35.5. The van der Waals surface area contributed by atoms with Crippen molar-refractivity contribution in [2.75, 3.05) is 24.7 Å². The molecule has 1 heterocycles. The van der Waals surface area contributed by atoms with Crippen LogP contribution in [0.15, 0.2) is 47.4 Å². The molecule has 2 aromatic carbocycles. The molecule has 0 aromatic heterocycles. The van der Waals surface area contributed by atoms with Crippen LogP contribution in [0.1, 0.15) is 18.4 Å². The standard InChI is InChI=1S/C20H22Cl2N2O3S2/c1-28-19-7-3-2-6-18(19)23-20(25)14-5-4-10-24(12-14)29(26,27)13-15-8-9-16(21)11-17(15)22/h2-3,6-9,11,14H,4-5,10,12-13H2,1H3,(H,23,25)/t14-/m1/s1. The summed E-state index contributed by atoms with van der Waals surface area (Å²) in [7, 11) is -3.60. The normalized spacial score (nSPS) is 17.8. The third kappa shape index (κ3) is 5.67. The summed E-state index contributed by atoms with van der Waals surface area (Å²) in [5.41, 5.74) is 1.24. The minimum atomic E-state index is -3.60. The molecule has 1 amide bonds. The van der Waals surface area contributed by atoms with Crippen molar-refractivity contribution in [3.8, 4) is 0 Å². The van der Waals surface area contributed by atoms with Crippen LogP contribution in [0, 0.1) is 5.92 Å². The van der Waals surface area contributed by atoms with Crippen molar-refractivity contribution < 1.29 is 13.2 Å². The number of carbonyl (C=O) groups excluding carboxylic acids is 1. The number of hydrogen-bond acceptors (Lipinski definition) is 4. The Hall–Kier alpha value is -1.25. The molecule has 0 spiro atoms. The Morgan fingerprint density at radius 1 is 1.24 bits per heavy atom. The van der Waals surface area contributed by atoms with Gasteiger partial charge in [0.15, 0.2) is 0 Å². The molecule has 29 heavy (non-hydrogen) atoms. The quantitative estimate of drug-likeness (QED) is 0.607. The number of para-hydroxylation sites is 1. The first-order valence-corrected chi connectivity index (χ1v) is 12.7. The lowest BCUT2D eigenvalue weighted by Gasteiger charge is -2.31. The second-order valence-electron chi connectivity index (χ2n) is 6.88. The Kier molecular flexibility index (Phi) is 7.51. The zero-order chi connectivity index (χ0) is 21.0. The lowest BCUT2D eigenvalue weighted by Crippen LogP contribution is -2.44. The lowest BCUT2D eigenvalue weighted by atomic mass is 9.99. The molecule has 1 atom stereocenters. The Balaban J connectivity index is 1.69. The number of anilines is 1. The minimum absolute atomic E-state index is 0.157. The number of amides is 1. The van der Waals surface area contributed by atoms with Crippen LogP contribution in [0.4, 0.5) is 5.69 Å². The summed E-state index contributed by atoms with van der Waals surface area (Å²) in [5, 5.41) is 3.73. The zero-order valence-electron chi connectivity index (χ0n) is 15.9. The van der Waals surface area contributed by atoms with Gasteiger partial charge in [-0.2, -0.15) is 0 Å². The number of thioether (sulfide) groups is 1. The SMILES string of the molecule is CSc1ccccc1NC(=O)[C@@H]1CCCN(S(=O)(=O)Cc2ccc(Cl)cc2Cl)C1. The Labute approximate surface area is 185 Å². The van der Waals surface area contributed by atoms with Gasteiger partial charge in [-0.15, -0.1) is 11.8 Å². The first kappa shape index (κ1) is 22.4. The van der Waals surface area contributed by atoms with Gasteiger partial charge in [0.05, 0.1) is 17.4 Å². The van der Waals surface area contributed by atoms with Crippen LogP contribution < -0.4 is 5.32 Å². The first-order chi connectivity index (χ1) is 13.8. The maximum Gasteiger partial charge on any atom is 0.228 e. The monoisotopic (exact) mass is 472 g/mol. The molecule has 0 saturated carbocycles. The van der Waals surface area contributed by atoms with Crippen molar-refractivity contribution in [2.24, 2.45) is 5.92 Å².